The van der Waals surface area contributed by atoms with Crippen molar-refractivity contribution < 1.29 is 29.1 Å². The monoisotopic (exact) mass is 486 g/mol. The number of para-hydroxylation sites is 1. The summed E-state index contributed by atoms with van der Waals surface area (Å²) in [6.45, 7) is 1.60. The number of hydrogen-bond acceptors (Lipinski definition) is 6. The Bertz CT molecular complexity index is 1130. The number of nitrogens with zero attached hydrogens (tertiary/aromatic N) is 1. The molecule has 0 bridgehead atoms. The molecule has 1 saturated heterocycles. The predicted octanol–water partition coefficient (Wildman–Crippen LogP) is -1.02. The molecule has 1 aromatic heterocycles. The van der Waals surface area contributed by atoms with Crippen molar-refractivity contribution >= 4 is 40.5 Å². The van der Waals surface area contributed by atoms with Crippen LogP contribution in [0.15, 0.2) is 30.5 Å². The number of likely N-dealkylation sites (tertiary alicyclic amines) is 1. The van der Waals surface area contributed by atoms with Crippen LogP contribution >= 0.6 is 0 Å². The standard InChI is InChI=1S/C23H30N6O6/c1-12(27-21(32)15(24)9-13-11-26-16-6-3-2-5-14(13)16)20(31)28-17(10-19(25)30)22(33)29-8-4-7-18(29)23(34)35/h2-3,5-6,11-12,15,17-18,26H,4,7-10,24H2,1H3,(H2,25,30)(H,27,32)(H,28,31)(H,34,35). The largest absolute Gasteiger partial charge is 0.480 e. The van der Waals surface area contributed by atoms with Crippen molar-refractivity contribution in [2.24, 2.45) is 11.5 Å². The number of carboxylic acids is 1. The molecule has 12 heteroatoms. The predicted molar refractivity (Wildman–Crippen MR) is 126 cm³/mol. The highest BCUT2D eigenvalue weighted by atomic mass is 16.4. The van der Waals surface area contributed by atoms with Gasteiger partial charge < -0.3 is 37.1 Å². The SMILES string of the molecule is CC(NC(=O)C(N)Cc1c[nH]c2ccccc12)C(=O)NC(CC(N)=O)C(=O)N1CCCC1C(=O)O. The molecule has 1 fully saturated rings. The van der Waals surface area contributed by atoms with Gasteiger partial charge in [-0.25, -0.2) is 4.79 Å². The molecule has 0 saturated carbocycles. The first-order valence-electron chi connectivity index (χ1n) is 11.3. The molecular formula is C23H30N6O6. The first-order chi connectivity index (χ1) is 16.6. The fourth-order valence-electron chi connectivity index (χ4n) is 4.20. The number of carbonyl (C=O) groups is 5. The van der Waals surface area contributed by atoms with Crippen LogP contribution in [0.5, 0.6) is 0 Å². The number of primary amides is 1. The molecule has 0 aliphatic carbocycles. The fraction of sp³-hybridized carbons (Fsp3) is 0.435. The van der Waals surface area contributed by atoms with Gasteiger partial charge in [-0.15, -0.1) is 0 Å². The Morgan fingerprint density at radius 1 is 1.17 bits per heavy atom. The summed E-state index contributed by atoms with van der Waals surface area (Å²) >= 11 is 0. The highest BCUT2D eigenvalue weighted by molar-refractivity contribution is 5.96. The van der Waals surface area contributed by atoms with Crippen molar-refractivity contribution in [1.82, 2.24) is 20.5 Å². The van der Waals surface area contributed by atoms with E-state index in [2.05, 4.69) is 15.6 Å². The Kier molecular flexibility index (Phi) is 8.07. The number of nitrogens with two attached hydrogens (primary N) is 2. The molecule has 4 atom stereocenters. The van der Waals surface area contributed by atoms with E-state index in [0.717, 1.165) is 21.4 Å². The average molecular weight is 487 g/mol. The third-order valence-electron chi connectivity index (χ3n) is 6.04. The number of aromatic nitrogens is 1. The number of aliphatic carboxylic acids is 1. The van der Waals surface area contributed by atoms with Crippen LogP contribution in [0.1, 0.15) is 31.7 Å². The van der Waals surface area contributed by atoms with Crippen LogP contribution in [-0.4, -0.2) is 75.3 Å². The maximum Gasteiger partial charge on any atom is 0.326 e. The van der Waals surface area contributed by atoms with Gasteiger partial charge in [0.2, 0.25) is 23.6 Å². The molecule has 1 aliphatic heterocycles. The molecule has 35 heavy (non-hydrogen) atoms. The van der Waals surface area contributed by atoms with Crippen LogP contribution in [0, 0.1) is 0 Å². The number of nitrogens with one attached hydrogen (secondary N) is 3. The minimum Gasteiger partial charge on any atom is -0.480 e. The second kappa shape index (κ2) is 11.0. The number of benzene rings is 1. The summed E-state index contributed by atoms with van der Waals surface area (Å²) in [5.74, 6) is -4.02. The summed E-state index contributed by atoms with van der Waals surface area (Å²) in [5, 5.41) is 15.2. The van der Waals surface area contributed by atoms with Gasteiger partial charge in [-0.05, 0) is 37.8 Å². The molecule has 1 aliphatic rings. The molecule has 4 amide bonds. The van der Waals surface area contributed by atoms with Crippen molar-refractivity contribution in [3.05, 3.63) is 36.0 Å². The molecule has 3 rings (SSSR count). The zero-order valence-electron chi connectivity index (χ0n) is 19.3. The van der Waals surface area contributed by atoms with Crippen LogP contribution in [0.4, 0.5) is 0 Å². The van der Waals surface area contributed by atoms with Gasteiger partial charge in [-0.1, -0.05) is 18.2 Å². The highest BCUT2D eigenvalue weighted by Gasteiger charge is 2.38. The molecule has 12 nitrogen and oxygen atoms in total. The van der Waals surface area contributed by atoms with Crippen molar-refractivity contribution in [2.45, 2.75) is 56.8 Å². The third kappa shape index (κ3) is 6.15. The Morgan fingerprint density at radius 3 is 2.57 bits per heavy atom. The number of hydrogen-bond donors (Lipinski definition) is 6. The molecule has 2 heterocycles. The fourth-order valence-corrected chi connectivity index (χ4v) is 4.20. The quantitative estimate of drug-likeness (QED) is 0.247. The van der Waals surface area contributed by atoms with Gasteiger partial charge in [-0.2, -0.15) is 0 Å². The summed E-state index contributed by atoms with van der Waals surface area (Å²) < 4.78 is 0. The van der Waals surface area contributed by atoms with E-state index in [0.29, 0.717) is 6.42 Å². The molecule has 0 radical (unpaired) electrons. The number of amides is 4. The van der Waals surface area contributed by atoms with Crippen LogP contribution in [0.2, 0.25) is 0 Å². The van der Waals surface area contributed by atoms with Crippen molar-refractivity contribution in [2.75, 3.05) is 6.54 Å². The first kappa shape index (κ1) is 25.7. The summed E-state index contributed by atoms with van der Waals surface area (Å²) in [5.41, 5.74) is 13.1. The second-order valence-electron chi connectivity index (χ2n) is 8.66. The Labute approximate surface area is 201 Å². The summed E-state index contributed by atoms with van der Waals surface area (Å²) in [6, 6.07) is 3.18. The molecule has 4 unspecified atom stereocenters. The van der Waals surface area contributed by atoms with E-state index >= 15 is 0 Å². The lowest BCUT2D eigenvalue weighted by atomic mass is 10.0. The maximum absolute atomic E-state index is 12.9. The van der Waals surface area contributed by atoms with Gasteiger partial charge in [0, 0.05) is 23.6 Å². The number of H-pyrrole nitrogens is 1. The van der Waals surface area contributed by atoms with E-state index in [1.807, 2.05) is 24.3 Å². The molecule has 8 N–H and O–H groups in total. The van der Waals surface area contributed by atoms with Gasteiger partial charge in [0.15, 0.2) is 0 Å². The first-order valence-corrected chi connectivity index (χ1v) is 11.3. The lowest BCUT2D eigenvalue weighted by Gasteiger charge is -2.27. The minimum absolute atomic E-state index is 0.190. The number of carboxylic acid groups (broad SMARTS) is 1. The van der Waals surface area contributed by atoms with Gasteiger partial charge in [-0.3, -0.25) is 19.2 Å². The Balaban J connectivity index is 1.61. The number of carbonyl (C=O) groups excluding carboxylic acids is 4. The summed E-state index contributed by atoms with van der Waals surface area (Å²) in [7, 11) is 0. The van der Waals surface area contributed by atoms with Gasteiger partial charge in [0.25, 0.3) is 0 Å². The smallest absolute Gasteiger partial charge is 0.326 e. The van der Waals surface area contributed by atoms with E-state index in [-0.39, 0.29) is 19.4 Å². The minimum atomic E-state index is -1.35. The van der Waals surface area contributed by atoms with E-state index < -0.39 is 60.2 Å². The lowest BCUT2D eigenvalue weighted by molar-refractivity contribution is -0.149. The molecule has 2 aromatic rings. The molecule has 188 valence electrons. The van der Waals surface area contributed by atoms with Crippen molar-refractivity contribution in [3.8, 4) is 0 Å². The lowest BCUT2D eigenvalue weighted by Crippen LogP contribution is -2.57. The second-order valence-corrected chi connectivity index (χ2v) is 8.66. The van der Waals surface area contributed by atoms with Gasteiger partial charge in [0.05, 0.1) is 12.5 Å². The van der Waals surface area contributed by atoms with E-state index in [1.54, 1.807) is 6.20 Å². The number of fused-ring (bicyclic) bond motifs is 1. The molecule has 1 aromatic carbocycles. The summed E-state index contributed by atoms with van der Waals surface area (Å²) in [6.07, 6.45) is 2.27. The average Bonchev–Trinajstić information content (AvgIpc) is 3.45. The van der Waals surface area contributed by atoms with Crippen LogP contribution in [-0.2, 0) is 30.4 Å². The van der Waals surface area contributed by atoms with Crippen LogP contribution in [0.3, 0.4) is 0 Å². The topological polar surface area (TPSA) is 201 Å². The summed E-state index contributed by atoms with van der Waals surface area (Å²) in [4.78, 5) is 65.4. The van der Waals surface area contributed by atoms with E-state index in [9.17, 15) is 29.1 Å². The third-order valence-corrected chi connectivity index (χ3v) is 6.04. The Morgan fingerprint density at radius 2 is 1.89 bits per heavy atom. The zero-order chi connectivity index (χ0) is 25.7. The normalized spacial score (nSPS) is 18.0. The molecular weight excluding hydrogens is 456 g/mol. The van der Waals surface area contributed by atoms with Crippen molar-refractivity contribution in [1.29, 1.82) is 0 Å². The van der Waals surface area contributed by atoms with Gasteiger partial charge >= 0.3 is 5.97 Å². The van der Waals surface area contributed by atoms with E-state index in [1.165, 1.54) is 6.92 Å². The zero-order valence-corrected chi connectivity index (χ0v) is 19.3. The highest BCUT2D eigenvalue weighted by Crippen LogP contribution is 2.20. The van der Waals surface area contributed by atoms with Crippen LogP contribution in [0.25, 0.3) is 10.9 Å². The number of rotatable bonds is 10. The van der Waals surface area contributed by atoms with Gasteiger partial charge in [0.1, 0.15) is 18.1 Å². The van der Waals surface area contributed by atoms with Crippen molar-refractivity contribution in [3.63, 3.8) is 0 Å². The maximum atomic E-state index is 12.9. The number of aromatic amines is 1. The van der Waals surface area contributed by atoms with Crippen LogP contribution < -0.4 is 22.1 Å². The van der Waals surface area contributed by atoms with E-state index in [4.69, 9.17) is 11.5 Å². The molecule has 0 spiro atoms. The Hall–Kier alpha value is -3.93.